The summed E-state index contributed by atoms with van der Waals surface area (Å²) in [7, 11) is 6.06. The zero-order chi connectivity index (χ0) is 20.4. The van der Waals surface area contributed by atoms with E-state index in [1.165, 1.54) is 0 Å². The molecule has 0 spiro atoms. The number of rotatable bonds is 6. The molecule has 2 aromatic carbocycles. The van der Waals surface area contributed by atoms with Crippen molar-refractivity contribution in [3.8, 4) is 22.0 Å². The Balaban J connectivity index is 1.49. The number of hydrogen-bond acceptors (Lipinski definition) is 6. The van der Waals surface area contributed by atoms with Crippen molar-refractivity contribution in [1.29, 1.82) is 0 Å². The van der Waals surface area contributed by atoms with E-state index < -0.39 is 0 Å². The monoisotopic (exact) mass is 441 g/mol. The van der Waals surface area contributed by atoms with Gasteiger partial charge in [0.25, 0.3) is 0 Å². The van der Waals surface area contributed by atoms with Gasteiger partial charge >= 0.3 is 0 Å². The standard InChI is InChI=1S/C21H20ClN5S2/c1-26(2)16-8-6-7-14(11-16)19-24-25-21(27(19)3)29-13-15-12-28-20(23-15)17-9-4-5-10-18(17)22/h4-12H,13H2,1-3H3. The molecule has 0 saturated heterocycles. The van der Waals surface area contributed by atoms with E-state index in [1.54, 1.807) is 23.1 Å². The fourth-order valence-electron chi connectivity index (χ4n) is 2.89. The van der Waals surface area contributed by atoms with E-state index in [9.17, 15) is 0 Å². The number of halogens is 1. The molecule has 2 heterocycles. The molecular weight excluding hydrogens is 422 g/mol. The van der Waals surface area contributed by atoms with Gasteiger partial charge in [-0.15, -0.1) is 21.5 Å². The smallest absolute Gasteiger partial charge is 0.191 e. The van der Waals surface area contributed by atoms with Crippen LogP contribution < -0.4 is 4.90 Å². The van der Waals surface area contributed by atoms with Crippen molar-refractivity contribution in [3.05, 3.63) is 64.6 Å². The van der Waals surface area contributed by atoms with E-state index in [0.717, 1.165) is 49.3 Å². The third-order valence-corrected chi connectivity index (χ3v) is 6.77. The second kappa shape index (κ2) is 8.57. The lowest BCUT2D eigenvalue weighted by molar-refractivity contribution is 0.793. The van der Waals surface area contributed by atoms with Gasteiger partial charge in [-0.1, -0.05) is 53.7 Å². The summed E-state index contributed by atoms with van der Waals surface area (Å²) in [5.74, 6) is 1.58. The maximum absolute atomic E-state index is 6.29. The van der Waals surface area contributed by atoms with Crippen LogP contribution in [0.25, 0.3) is 22.0 Å². The molecule has 5 nitrogen and oxygen atoms in total. The Morgan fingerprint density at radius 1 is 1.10 bits per heavy atom. The van der Waals surface area contributed by atoms with E-state index in [2.05, 4.69) is 38.7 Å². The molecule has 0 unspecified atom stereocenters. The summed E-state index contributed by atoms with van der Waals surface area (Å²) in [6.07, 6.45) is 0. The van der Waals surface area contributed by atoms with E-state index >= 15 is 0 Å². The second-order valence-electron chi connectivity index (χ2n) is 6.72. The van der Waals surface area contributed by atoms with Crippen molar-refractivity contribution in [2.75, 3.05) is 19.0 Å². The molecule has 0 amide bonds. The molecule has 0 aliphatic carbocycles. The minimum Gasteiger partial charge on any atom is -0.378 e. The first kappa shape index (κ1) is 19.9. The lowest BCUT2D eigenvalue weighted by atomic mass is 10.2. The third kappa shape index (κ3) is 4.32. The fourth-order valence-corrected chi connectivity index (χ4v) is 4.93. The molecule has 0 fully saturated rings. The van der Waals surface area contributed by atoms with Crippen LogP contribution in [0.4, 0.5) is 5.69 Å². The third-order valence-electron chi connectivity index (χ3n) is 4.46. The van der Waals surface area contributed by atoms with Gasteiger partial charge in [0.15, 0.2) is 11.0 Å². The average molecular weight is 442 g/mol. The Morgan fingerprint density at radius 2 is 1.93 bits per heavy atom. The van der Waals surface area contributed by atoms with Gasteiger partial charge in [0, 0.05) is 49.1 Å². The lowest BCUT2D eigenvalue weighted by Crippen LogP contribution is -2.08. The normalized spacial score (nSPS) is 11.0. The minimum absolute atomic E-state index is 0.721. The zero-order valence-electron chi connectivity index (χ0n) is 16.3. The molecule has 0 aliphatic heterocycles. The summed E-state index contributed by atoms with van der Waals surface area (Å²) < 4.78 is 2.03. The van der Waals surface area contributed by atoms with Crippen molar-refractivity contribution >= 4 is 40.4 Å². The molecule has 0 saturated carbocycles. The Bertz CT molecular complexity index is 1140. The first-order valence-electron chi connectivity index (χ1n) is 9.02. The van der Waals surface area contributed by atoms with Crippen LogP contribution in [-0.2, 0) is 12.8 Å². The van der Waals surface area contributed by atoms with Crippen LogP contribution in [0.3, 0.4) is 0 Å². The Kier molecular flexibility index (Phi) is 5.89. The van der Waals surface area contributed by atoms with Crippen LogP contribution in [0.1, 0.15) is 5.69 Å². The predicted molar refractivity (Wildman–Crippen MR) is 123 cm³/mol. The summed E-state index contributed by atoms with van der Waals surface area (Å²) >= 11 is 9.53. The summed E-state index contributed by atoms with van der Waals surface area (Å²) in [6, 6.07) is 16.1. The Labute approximate surface area is 183 Å². The Hall–Kier alpha value is -2.35. The van der Waals surface area contributed by atoms with Crippen LogP contribution in [0.5, 0.6) is 0 Å². The number of nitrogens with zero attached hydrogens (tertiary/aromatic N) is 5. The van der Waals surface area contributed by atoms with Crippen molar-refractivity contribution < 1.29 is 0 Å². The molecule has 29 heavy (non-hydrogen) atoms. The van der Waals surface area contributed by atoms with Crippen LogP contribution in [0.15, 0.2) is 59.1 Å². The van der Waals surface area contributed by atoms with E-state index in [-0.39, 0.29) is 0 Å². The van der Waals surface area contributed by atoms with Crippen LogP contribution in [0, 0.1) is 0 Å². The highest BCUT2D eigenvalue weighted by Gasteiger charge is 2.14. The van der Waals surface area contributed by atoms with Crippen LogP contribution >= 0.6 is 34.7 Å². The first-order valence-corrected chi connectivity index (χ1v) is 11.3. The SMILES string of the molecule is CN(C)c1cccc(-c2nnc(SCc3csc(-c4ccccc4Cl)n3)n2C)c1. The van der Waals surface area contributed by atoms with Gasteiger partial charge in [0.2, 0.25) is 0 Å². The van der Waals surface area contributed by atoms with Crippen molar-refractivity contribution in [2.24, 2.45) is 7.05 Å². The van der Waals surface area contributed by atoms with E-state index in [4.69, 9.17) is 16.6 Å². The molecule has 2 aromatic heterocycles. The summed E-state index contributed by atoms with van der Waals surface area (Å²) in [5, 5.41) is 13.4. The van der Waals surface area contributed by atoms with Gasteiger partial charge in [0.1, 0.15) is 5.01 Å². The minimum atomic E-state index is 0.721. The summed E-state index contributed by atoms with van der Waals surface area (Å²) in [5.41, 5.74) is 4.16. The molecule has 0 atom stereocenters. The van der Waals surface area contributed by atoms with Gasteiger partial charge in [-0.05, 0) is 18.2 Å². The van der Waals surface area contributed by atoms with Gasteiger partial charge in [0.05, 0.1) is 10.7 Å². The van der Waals surface area contributed by atoms with E-state index in [1.807, 2.05) is 56.0 Å². The highest BCUT2D eigenvalue weighted by atomic mass is 35.5. The van der Waals surface area contributed by atoms with Crippen molar-refractivity contribution in [2.45, 2.75) is 10.9 Å². The molecule has 0 aliphatic rings. The largest absolute Gasteiger partial charge is 0.378 e. The molecule has 8 heteroatoms. The topological polar surface area (TPSA) is 46.8 Å². The first-order chi connectivity index (χ1) is 14.0. The quantitative estimate of drug-likeness (QED) is 0.363. The molecule has 0 bridgehead atoms. The second-order valence-corrected chi connectivity index (χ2v) is 8.93. The maximum Gasteiger partial charge on any atom is 0.191 e. The zero-order valence-corrected chi connectivity index (χ0v) is 18.7. The number of benzene rings is 2. The molecule has 0 N–H and O–H groups in total. The van der Waals surface area contributed by atoms with Gasteiger partial charge in [-0.2, -0.15) is 0 Å². The van der Waals surface area contributed by atoms with Crippen molar-refractivity contribution in [3.63, 3.8) is 0 Å². The molecular formula is C21H20ClN5S2. The molecule has 148 valence electrons. The number of thiazole rings is 1. The molecule has 4 aromatic rings. The average Bonchev–Trinajstić information content (AvgIpc) is 3.33. The highest BCUT2D eigenvalue weighted by Crippen LogP contribution is 2.32. The lowest BCUT2D eigenvalue weighted by Gasteiger charge is -2.13. The fraction of sp³-hybridized carbons (Fsp3) is 0.190. The summed E-state index contributed by atoms with van der Waals surface area (Å²) in [6.45, 7) is 0. The molecule has 4 rings (SSSR count). The van der Waals surface area contributed by atoms with Crippen molar-refractivity contribution in [1.82, 2.24) is 19.7 Å². The van der Waals surface area contributed by atoms with E-state index in [0.29, 0.717) is 0 Å². The number of thioether (sulfide) groups is 1. The van der Waals surface area contributed by atoms with Gasteiger partial charge < -0.3 is 9.47 Å². The highest BCUT2D eigenvalue weighted by molar-refractivity contribution is 7.98. The number of anilines is 1. The molecule has 0 radical (unpaired) electrons. The van der Waals surface area contributed by atoms with Crippen LogP contribution in [0.2, 0.25) is 5.02 Å². The van der Waals surface area contributed by atoms with Crippen LogP contribution in [-0.4, -0.2) is 33.8 Å². The predicted octanol–water partition coefficient (Wildman–Crippen LogP) is 5.62. The Morgan fingerprint density at radius 3 is 2.72 bits per heavy atom. The number of aromatic nitrogens is 4. The van der Waals surface area contributed by atoms with Gasteiger partial charge in [-0.3, -0.25) is 0 Å². The number of hydrogen-bond donors (Lipinski definition) is 0. The van der Waals surface area contributed by atoms with Gasteiger partial charge in [-0.25, -0.2) is 4.98 Å². The summed E-state index contributed by atoms with van der Waals surface area (Å²) in [4.78, 5) is 6.81. The maximum atomic E-state index is 6.29.